The Bertz CT molecular complexity index is 663. The highest BCUT2D eigenvalue weighted by Crippen LogP contribution is 2.44. The second kappa shape index (κ2) is 4.18. The third kappa shape index (κ3) is 1.79. The van der Waals surface area contributed by atoms with Crippen LogP contribution in [0.25, 0.3) is 10.8 Å². The van der Waals surface area contributed by atoms with Gasteiger partial charge in [-0.3, -0.25) is 5.43 Å². The summed E-state index contributed by atoms with van der Waals surface area (Å²) in [6.07, 6.45) is 2.66. The van der Waals surface area contributed by atoms with Crippen molar-refractivity contribution >= 4 is 33.8 Å². The second-order valence-electron chi connectivity index (χ2n) is 5.19. The summed E-state index contributed by atoms with van der Waals surface area (Å²) in [5.74, 6) is 0.765. The SMILES string of the molecule is S=C1NNCN1c1ccc(C2CC2)c2ccccc12. The first kappa shape index (κ1) is 11.2. The number of hydrazine groups is 1. The highest BCUT2D eigenvalue weighted by molar-refractivity contribution is 7.80. The zero-order valence-corrected chi connectivity index (χ0v) is 11.3. The molecule has 0 amide bonds. The number of nitrogens with zero attached hydrogens (tertiary/aromatic N) is 1. The van der Waals surface area contributed by atoms with Gasteiger partial charge in [-0.15, -0.1) is 0 Å². The number of fused-ring (bicyclic) bond motifs is 1. The van der Waals surface area contributed by atoms with E-state index in [1.54, 1.807) is 0 Å². The molecule has 4 rings (SSSR count). The van der Waals surface area contributed by atoms with Gasteiger partial charge in [0.25, 0.3) is 0 Å². The molecule has 0 unspecified atom stereocenters. The Labute approximate surface area is 117 Å². The average molecular weight is 269 g/mol. The molecule has 3 nitrogen and oxygen atoms in total. The van der Waals surface area contributed by atoms with E-state index in [-0.39, 0.29) is 0 Å². The van der Waals surface area contributed by atoms with Crippen molar-refractivity contribution < 1.29 is 0 Å². The summed E-state index contributed by atoms with van der Waals surface area (Å²) in [5.41, 5.74) is 8.73. The van der Waals surface area contributed by atoms with Crippen LogP contribution in [-0.4, -0.2) is 11.8 Å². The van der Waals surface area contributed by atoms with Crippen LogP contribution in [0.3, 0.4) is 0 Å². The van der Waals surface area contributed by atoms with Crippen LogP contribution in [0.5, 0.6) is 0 Å². The van der Waals surface area contributed by atoms with Crippen molar-refractivity contribution in [3.05, 3.63) is 42.0 Å². The van der Waals surface area contributed by atoms with Crippen LogP contribution in [0, 0.1) is 0 Å². The quantitative estimate of drug-likeness (QED) is 0.820. The number of rotatable bonds is 2. The Morgan fingerprint density at radius 1 is 1.05 bits per heavy atom. The van der Waals surface area contributed by atoms with Gasteiger partial charge < -0.3 is 4.90 Å². The molecule has 0 atom stereocenters. The molecule has 2 aromatic carbocycles. The van der Waals surface area contributed by atoms with Gasteiger partial charge in [0.2, 0.25) is 0 Å². The van der Waals surface area contributed by atoms with Crippen molar-refractivity contribution in [1.29, 1.82) is 0 Å². The molecule has 0 radical (unpaired) electrons. The highest BCUT2D eigenvalue weighted by Gasteiger charge is 2.27. The van der Waals surface area contributed by atoms with Crippen LogP contribution in [0.15, 0.2) is 36.4 Å². The van der Waals surface area contributed by atoms with Gasteiger partial charge in [0, 0.05) is 5.39 Å². The van der Waals surface area contributed by atoms with Gasteiger partial charge in [0.1, 0.15) is 0 Å². The Morgan fingerprint density at radius 2 is 1.84 bits per heavy atom. The number of anilines is 1. The molecule has 4 heteroatoms. The lowest BCUT2D eigenvalue weighted by Crippen LogP contribution is -2.28. The second-order valence-corrected chi connectivity index (χ2v) is 5.57. The maximum absolute atomic E-state index is 5.33. The average Bonchev–Trinajstić information content (AvgIpc) is 3.20. The van der Waals surface area contributed by atoms with Gasteiger partial charge >= 0.3 is 0 Å². The molecule has 0 bridgehead atoms. The van der Waals surface area contributed by atoms with Crippen LogP contribution in [0.1, 0.15) is 24.3 Å². The van der Waals surface area contributed by atoms with E-state index in [4.69, 9.17) is 12.2 Å². The van der Waals surface area contributed by atoms with E-state index in [1.807, 2.05) is 0 Å². The van der Waals surface area contributed by atoms with Crippen LogP contribution in [0.4, 0.5) is 5.69 Å². The van der Waals surface area contributed by atoms with Crippen molar-refractivity contribution in [3.63, 3.8) is 0 Å². The molecule has 96 valence electrons. The minimum absolute atomic E-state index is 0.714. The van der Waals surface area contributed by atoms with Gasteiger partial charge in [-0.2, -0.15) is 0 Å². The largest absolute Gasteiger partial charge is 0.302 e. The lowest BCUT2D eigenvalue weighted by atomic mass is 9.99. The van der Waals surface area contributed by atoms with E-state index in [0.29, 0.717) is 6.67 Å². The smallest absolute Gasteiger partial charge is 0.189 e. The fourth-order valence-corrected chi connectivity index (χ4v) is 3.06. The van der Waals surface area contributed by atoms with Crippen LogP contribution < -0.4 is 15.8 Å². The lowest BCUT2D eigenvalue weighted by molar-refractivity contribution is 0.743. The molecule has 2 aliphatic rings. The van der Waals surface area contributed by atoms with Gasteiger partial charge in [-0.1, -0.05) is 30.3 Å². The number of benzene rings is 2. The van der Waals surface area contributed by atoms with E-state index in [1.165, 1.54) is 34.9 Å². The first-order chi connectivity index (χ1) is 9.34. The van der Waals surface area contributed by atoms with Gasteiger partial charge in [0.15, 0.2) is 5.11 Å². The number of hydrogen-bond acceptors (Lipinski definition) is 2. The number of nitrogens with one attached hydrogen (secondary N) is 2. The van der Waals surface area contributed by atoms with Crippen molar-refractivity contribution in [2.45, 2.75) is 18.8 Å². The first-order valence-electron chi connectivity index (χ1n) is 6.66. The van der Waals surface area contributed by atoms with Crippen molar-refractivity contribution in [2.24, 2.45) is 0 Å². The molecular formula is C15H15N3S. The normalized spacial score (nSPS) is 18.9. The fraction of sp³-hybridized carbons (Fsp3) is 0.267. The van der Waals surface area contributed by atoms with Crippen LogP contribution in [0.2, 0.25) is 0 Å². The molecule has 2 fully saturated rings. The van der Waals surface area contributed by atoms with Gasteiger partial charge in [0.05, 0.1) is 12.4 Å². The summed E-state index contributed by atoms with van der Waals surface area (Å²) in [6, 6.07) is 13.1. The molecule has 1 heterocycles. The van der Waals surface area contributed by atoms with E-state index < -0.39 is 0 Å². The molecule has 1 aliphatic carbocycles. The number of thiocarbonyl (C=S) groups is 1. The molecule has 1 aliphatic heterocycles. The van der Waals surface area contributed by atoms with E-state index >= 15 is 0 Å². The monoisotopic (exact) mass is 269 g/mol. The van der Waals surface area contributed by atoms with Crippen molar-refractivity contribution in [3.8, 4) is 0 Å². The predicted octanol–water partition coefficient (Wildman–Crippen LogP) is 2.87. The summed E-state index contributed by atoms with van der Waals surface area (Å²) >= 11 is 5.33. The maximum Gasteiger partial charge on any atom is 0.189 e. The summed E-state index contributed by atoms with van der Waals surface area (Å²) in [6.45, 7) is 0.714. The topological polar surface area (TPSA) is 27.3 Å². The summed E-state index contributed by atoms with van der Waals surface area (Å²) < 4.78 is 0. The maximum atomic E-state index is 5.33. The minimum Gasteiger partial charge on any atom is -0.302 e. The standard InChI is InChI=1S/C15H15N3S/c19-15-17-16-9-18(15)14-8-7-11(10-5-6-10)12-3-1-2-4-13(12)14/h1-4,7-8,10,16H,5-6,9H2,(H,17,19). The molecule has 0 aromatic heterocycles. The molecular weight excluding hydrogens is 254 g/mol. The Kier molecular flexibility index (Phi) is 2.47. The third-order valence-electron chi connectivity index (χ3n) is 3.92. The summed E-state index contributed by atoms with van der Waals surface area (Å²) in [7, 11) is 0. The Balaban J connectivity index is 1.92. The first-order valence-corrected chi connectivity index (χ1v) is 7.07. The molecule has 0 spiro atoms. The highest BCUT2D eigenvalue weighted by atomic mass is 32.1. The van der Waals surface area contributed by atoms with Gasteiger partial charge in [-0.25, -0.2) is 5.43 Å². The Hall–Kier alpha value is -1.65. The van der Waals surface area contributed by atoms with E-state index in [2.05, 4.69) is 52.1 Å². The summed E-state index contributed by atoms with van der Waals surface area (Å²) in [4.78, 5) is 2.11. The fourth-order valence-electron chi connectivity index (χ4n) is 2.82. The zero-order chi connectivity index (χ0) is 12.8. The lowest BCUT2D eigenvalue weighted by Gasteiger charge is -2.19. The number of hydrogen-bond donors (Lipinski definition) is 2. The van der Waals surface area contributed by atoms with Crippen LogP contribution in [-0.2, 0) is 0 Å². The molecule has 1 saturated heterocycles. The molecule has 2 aromatic rings. The van der Waals surface area contributed by atoms with Crippen LogP contribution >= 0.6 is 12.2 Å². The zero-order valence-electron chi connectivity index (χ0n) is 10.5. The summed E-state index contributed by atoms with van der Waals surface area (Å²) in [5, 5.41) is 3.40. The van der Waals surface area contributed by atoms with Gasteiger partial charge in [-0.05, 0) is 48.0 Å². The molecule has 2 N–H and O–H groups in total. The van der Waals surface area contributed by atoms with E-state index in [0.717, 1.165) is 11.0 Å². The third-order valence-corrected chi connectivity index (χ3v) is 4.24. The minimum atomic E-state index is 0.714. The predicted molar refractivity (Wildman–Crippen MR) is 82.1 cm³/mol. The van der Waals surface area contributed by atoms with Crippen molar-refractivity contribution in [2.75, 3.05) is 11.6 Å². The Morgan fingerprint density at radius 3 is 2.53 bits per heavy atom. The van der Waals surface area contributed by atoms with E-state index in [9.17, 15) is 0 Å². The molecule has 1 saturated carbocycles. The van der Waals surface area contributed by atoms with Crippen molar-refractivity contribution in [1.82, 2.24) is 10.9 Å². The molecule has 19 heavy (non-hydrogen) atoms.